The Morgan fingerprint density at radius 2 is 1.97 bits per heavy atom. The van der Waals surface area contributed by atoms with Gasteiger partial charge in [-0.3, -0.25) is 14.4 Å². The molecular weight excluding hydrogens is 403 g/mol. The molecule has 0 aromatic carbocycles. The number of ketones is 2. The summed E-state index contributed by atoms with van der Waals surface area (Å²) >= 11 is 0. The van der Waals surface area contributed by atoms with E-state index in [0.717, 1.165) is 0 Å². The van der Waals surface area contributed by atoms with E-state index in [9.17, 15) is 24.6 Å². The number of ether oxygens (including phenoxy) is 1. The third kappa shape index (κ3) is 2.78. The van der Waals surface area contributed by atoms with E-state index in [1.165, 1.54) is 19.1 Å². The first-order chi connectivity index (χ1) is 14.4. The molecule has 4 rings (SSSR count). The van der Waals surface area contributed by atoms with Crippen molar-refractivity contribution >= 4 is 17.5 Å². The minimum atomic E-state index is -1.56. The van der Waals surface area contributed by atoms with Crippen molar-refractivity contribution in [3.05, 3.63) is 23.8 Å². The van der Waals surface area contributed by atoms with E-state index in [-0.39, 0.29) is 42.3 Å². The van der Waals surface area contributed by atoms with Crippen molar-refractivity contribution in [1.82, 2.24) is 0 Å². The number of esters is 1. The number of hydrogen-bond donors (Lipinski definition) is 2. The van der Waals surface area contributed by atoms with Crippen LogP contribution in [0.4, 0.5) is 4.39 Å². The minimum Gasteiger partial charge on any atom is -0.450 e. The van der Waals surface area contributed by atoms with Crippen molar-refractivity contribution in [3.63, 3.8) is 0 Å². The summed E-state index contributed by atoms with van der Waals surface area (Å²) in [6.45, 7) is 5.98. The fraction of sp³-hybridized carbons (Fsp3) is 0.708. The lowest BCUT2D eigenvalue weighted by molar-refractivity contribution is -0.205. The van der Waals surface area contributed by atoms with Crippen LogP contribution in [-0.4, -0.2) is 52.2 Å². The highest BCUT2D eigenvalue weighted by Gasteiger charge is 2.73. The number of carbonyl (C=O) groups excluding carboxylic acids is 3. The second-order valence-electron chi connectivity index (χ2n) is 10.4. The third-order valence-electron chi connectivity index (χ3n) is 8.88. The SMILES string of the molecule is CC(=O)O[C@@]1(C(=O)CO)C(C)C[C@H]2[C@@H]3CC(F)C4=CC(=O)C=C[C@]4(C)[C@H]3[C@@H](O)C[C@@]21C. The Hall–Kier alpha value is -1.86. The summed E-state index contributed by atoms with van der Waals surface area (Å²) < 4.78 is 21.1. The molecule has 3 saturated carbocycles. The number of aliphatic hydroxyl groups excluding tert-OH is 2. The van der Waals surface area contributed by atoms with Gasteiger partial charge >= 0.3 is 5.97 Å². The van der Waals surface area contributed by atoms with E-state index >= 15 is 4.39 Å². The molecule has 3 fully saturated rings. The van der Waals surface area contributed by atoms with Crippen LogP contribution in [0.15, 0.2) is 23.8 Å². The second-order valence-corrected chi connectivity index (χ2v) is 10.4. The van der Waals surface area contributed by atoms with Gasteiger partial charge in [0.15, 0.2) is 11.4 Å². The molecule has 170 valence electrons. The van der Waals surface area contributed by atoms with Gasteiger partial charge < -0.3 is 14.9 Å². The zero-order valence-corrected chi connectivity index (χ0v) is 18.4. The number of aliphatic hydroxyl groups is 2. The predicted octanol–water partition coefficient (Wildman–Crippen LogP) is 2.32. The van der Waals surface area contributed by atoms with Crippen molar-refractivity contribution in [2.45, 2.75) is 64.8 Å². The normalized spacial score (nSPS) is 48.4. The lowest BCUT2D eigenvalue weighted by Gasteiger charge is -2.60. The zero-order valence-electron chi connectivity index (χ0n) is 18.4. The minimum absolute atomic E-state index is 0.140. The van der Waals surface area contributed by atoms with Gasteiger partial charge in [0.25, 0.3) is 0 Å². The molecule has 9 atom stereocenters. The first kappa shape index (κ1) is 22.3. The fourth-order valence-corrected chi connectivity index (χ4v) is 7.87. The number of hydrogen-bond acceptors (Lipinski definition) is 6. The molecule has 4 aliphatic carbocycles. The van der Waals surface area contributed by atoms with Gasteiger partial charge in [-0.15, -0.1) is 0 Å². The Balaban J connectivity index is 1.84. The average Bonchev–Trinajstić information content (AvgIpc) is 2.90. The molecule has 0 aromatic heterocycles. The van der Waals surface area contributed by atoms with Gasteiger partial charge in [-0.05, 0) is 48.8 Å². The van der Waals surface area contributed by atoms with E-state index < -0.39 is 47.1 Å². The fourth-order valence-electron chi connectivity index (χ4n) is 7.87. The number of halogens is 1. The molecule has 0 aliphatic heterocycles. The van der Waals surface area contributed by atoms with Gasteiger partial charge in [0.2, 0.25) is 5.78 Å². The van der Waals surface area contributed by atoms with Crippen molar-refractivity contribution in [2.24, 2.45) is 34.5 Å². The van der Waals surface area contributed by atoms with Gasteiger partial charge in [0.05, 0.1) is 6.10 Å². The molecule has 4 aliphatic rings. The van der Waals surface area contributed by atoms with Crippen LogP contribution in [0.1, 0.15) is 47.0 Å². The van der Waals surface area contributed by atoms with Crippen LogP contribution in [0.2, 0.25) is 0 Å². The Morgan fingerprint density at radius 3 is 2.58 bits per heavy atom. The molecule has 0 amide bonds. The predicted molar refractivity (Wildman–Crippen MR) is 109 cm³/mol. The topological polar surface area (TPSA) is 101 Å². The van der Waals surface area contributed by atoms with Gasteiger partial charge in [-0.2, -0.15) is 0 Å². The lowest BCUT2D eigenvalue weighted by Crippen LogP contribution is -2.64. The van der Waals surface area contributed by atoms with Crippen LogP contribution in [0.3, 0.4) is 0 Å². The second kappa shape index (κ2) is 7.07. The molecule has 31 heavy (non-hydrogen) atoms. The van der Waals surface area contributed by atoms with Crippen LogP contribution in [0.5, 0.6) is 0 Å². The highest BCUT2D eigenvalue weighted by atomic mass is 19.1. The first-order valence-electron chi connectivity index (χ1n) is 11.0. The van der Waals surface area contributed by atoms with Crippen molar-refractivity contribution in [3.8, 4) is 0 Å². The van der Waals surface area contributed by atoms with Gasteiger partial charge in [-0.25, -0.2) is 4.39 Å². The third-order valence-corrected chi connectivity index (χ3v) is 8.88. The smallest absolute Gasteiger partial charge is 0.303 e. The summed E-state index contributed by atoms with van der Waals surface area (Å²) in [6, 6.07) is 0. The van der Waals surface area contributed by atoms with Crippen LogP contribution >= 0.6 is 0 Å². The van der Waals surface area contributed by atoms with E-state index in [1.807, 2.05) is 20.8 Å². The molecule has 7 heteroatoms. The van der Waals surface area contributed by atoms with Gasteiger partial charge in [0.1, 0.15) is 12.8 Å². The van der Waals surface area contributed by atoms with Gasteiger partial charge in [-0.1, -0.05) is 26.8 Å². The molecule has 0 aromatic rings. The summed E-state index contributed by atoms with van der Waals surface area (Å²) in [6.07, 6.45) is 3.14. The molecular formula is C24H31FO6. The summed E-state index contributed by atoms with van der Waals surface area (Å²) in [5.74, 6) is -2.61. The quantitative estimate of drug-likeness (QED) is 0.661. The van der Waals surface area contributed by atoms with E-state index in [2.05, 4.69) is 0 Å². The van der Waals surface area contributed by atoms with E-state index in [4.69, 9.17) is 4.74 Å². The van der Waals surface area contributed by atoms with Crippen LogP contribution < -0.4 is 0 Å². The molecule has 0 spiro atoms. The maximum Gasteiger partial charge on any atom is 0.303 e. The Morgan fingerprint density at radius 1 is 1.29 bits per heavy atom. The molecule has 0 heterocycles. The standard InChI is InChI=1S/C24H31FO6/c1-12-7-16-15-9-18(25)17-8-14(28)5-6-22(17,3)21(15)19(29)10-23(16,4)24(12,20(30)11-26)31-13(2)27/h5-6,8,12,15-16,18-19,21,26,29H,7,9-11H2,1-4H3/t12?,15-,16-,18?,19-,21+,22-,23-,24+/m0/s1. The summed E-state index contributed by atoms with van der Waals surface area (Å²) in [5.41, 5.74) is -2.89. The van der Waals surface area contributed by atoms with Crippen LogP contribution in [0.25, 0.3) is 0 Å². The maximum atomic E-state index is 15.4. The van der Waals surface area contributed by atoms with Crippen molar-refractivity contribution in [2.75, 3.05) is 6.61 Å². The summed E-state index contributed by atoms with van der Waals surface area (Å²) in [4.78, 5) is 37.0. The lowest BCUT2D eigenvalue weighted by atomic mass is 9.46. The maximum absolute atomic E-state index is 15.4. The highest BCUT2D eigenvalue weighted by Crippen LogP contribution is 2.69. The van der Waals surface area contributed by atoms with Crippen molar-refractivity contribution < 1.29 is 33.7 Å². The first-order valence-corrected chi connectivity index (χ1v) is 11.0. The van der Waals surface area contributed by atoms with E-state index in [1.54, 1.807) is 6.08 Å². The van der Waals surface area contributed by atoms with E-state index in [0.29, 0.717) is 12.0 Å². The van der Waals surface area contributed by atoms with Crippen LogP contribution in [-0.2, 0) is 19.1 Å². The number of carbonyl (C=O) groups is 3. The number of Topliss-reactive ketones (excluding diaryl/α,β-unsaturated/α-hetero) is 1. The summed E-state index contributed by atoms with van der Waals surface area (Å²) in [7, 11) is 0. The average molecular weight is 435 g/mol. The highest BCUT2D eigenvalue weighted by molar-refractivity contribution is 6.01. The number of fused-ring (bicyclic) bond motifs is 5. The van der Waals surface area contributed by atoms with Crippen LogP contribution in [0, 0.1) is 34.5 Å². The van der Waals surface area contributed by atoms with Gasteiger partial charge in [0, 0.05) is 29.6 Å². The van der Waals surface area contributed by atoms with Crippen molar-refractivity contribution in [1.29, 1.82) is 0 Å². The Labute approximate surface area is 181 Å². The molecule has 0 bridgehead atoms. The molecule has 2 unspecified atom stereocenters. The zero-order chi connectivity index (χ0) is 22.9. The Kier molecular flexibility index (Phi) is 5.10. The molecule has 2 N–H and O–H groups in total. The monoisotopic (exact) mass is 434 g/mol. The summed E-state index contributed by atoms with van der Waals surface area (Å²) in [5, 5.41) is 21.1. The molecule has 0 saturated heterocycles. The number of allylic oxidation sites excluding steroid dienone is 4. The largest absolute Gasteiger partial charge is 0.450 e. The molecule has 0 radical (unpaired) electrons. The molecule has 6 nitrogen and oxygen atoms in total. The Bertz CT molecular complexity index is 895. The number of alkyl halides is 1. The number of rotatable bonds is 3.